The van der Waals surface area contributed by atoms with Gasteiger partial charge in [0.15, 0.2) is 0 Å². The monoisotopic (exact) mass is 260 g/mol. The fourth-order valence-electron chi connectivity index (χ4n) is 1.65. The van der Waals surface area contributed by atoms with Gasteiger partial charge in [-0.15, -0.1) is 0 Å². The Morgan fingerprint density at radius 3 is 2.29 bits per heavy atom. The molecule has 1 aliphatic rings. The Balaban J connectivity index is 2.63. The highest BCUT2D eigenvalue weighted by molar-refractivity contribution is 4.97. The molecule has 1 saturated heterocycles. The fraction of sp³-hybridized carbons (Fsp3) is 0.800. The number of ether oxygens (including phenoxy) is 1. The largest absolute Gasteiger partial charge is 0.453 e. The maximum atomic E-state index is 13.0. The third-order valence-corrected chi connectivity index (χ3v) is 2.67. The highest BCUT2D eigenvalue weighted by atomic mass is 19.4. The van der Waals surface area contributed by atoms with Crippen molar-refractivity contribution in [3.63, 3.8) is 0 Å². The Morgan fingerprint density at radius 2 is 1.94 bits per heavy atom. The molecule has 0 aromatic heterocycles. The molecule has 100 valence electrons. The molecule has 1 rings (SSSR count). The summed E-state index contributed by atoms with van der Waals surface area (Å²) in [5.41, 5.74) is 0. The predicted octanol–water partition coefficient (Wildman–Crippen LogP) is 2.53. The Bertz CT molecular complexity index is 287. The first kappa shape index (κ1) is 14.4. The van der Waals surface area contributed by atoms with Gasteiger partial charge >= 0.3 is 12.1 Å². The predicted molar refractivity (Wildman–Crippen MR) is 49.7 cm³/mol. The Kier molecular flexibility index (Phi) is 4.14. The van der Waals surface area contributed by atoms with Crippen molar-refractivity contribution < 1.29 is 31.8 Å². The summed E-state index contributed by atoms with van der Waals surface area (Å²) in [5.74, 6) is -6.69. The summed E-state index contributed by atoms with van der Waals surface area (Å²) in [5, 5.41) is 9.28. The van der Waals surface area contributed by atoms with Gasteiger partial charge in [0.1, 0.15) is 0 Å². The molecule has 17 heavy (non-hydrogen) atoms. The van der Waals surface area contributed by atoms with Crippen LogP contribution in [0.3, 0.4) is 0 Å². The molecule has 3 unspecified atom stereocenters. The van der Waals surface area contributed by atoms with Gasteiger partial charge in [-0.25, -0.2) is 0 Å². The van der Waals surface area contributed by atoms with Gasteiger partial charge in [0, 0.05) is 6.42 Å². The molecule has 0 bridgehead atoms. The second-order valence-corrected chi connectivity index (χ2v) is 3.93. The minimum absolute atomic E-state index is 0.263. The summed E-state index contributed by atoms with van der Waals surface area (Å²) in [4.78, 5) is 0. The molecule has 0 spiro atoms. The molecule has 1 heterocycles. The average Bonchev–Trinajstić information content (AvgIpc) is 2.10. The van der Waals surface area contributed by atoms with Crippen molar-refractivity contribution in [3.8, 4) is 0 Å². The molecule has 0 amide bonds. The Morgan fingerprint density at radius 1 is 1.35 bits per heavy atom. The lowest BCUT2D eigenvalue weighted by molar-refractivity contribution is -0.344. The van der Waals surface area contributed by atoms with E-state index in [0.29, 0.717) is 0 Å². The van der Waals surface area contributed by atoms with E-state index in [-0.39, 0.29) is 6.42 Å². The van der Waals surface area contributed by atoms with E-state index in [1.54, 1.807) is 6.92 Å². The van der Waals surface area contributed by atoms with Crippen molar-refractivity contribution in [1.29, 1.82) is 0 Å². The standard InChI is InChI=1S/C10H13F5O2/c1-2-3-6(16)4-8-7(5-17-8)9(11,12)10(13,14)15/h2-3,6-8,16H,4-5H2,1H3. The van der Waals surface area contributed by atoms with Crippen LogP contribution in [-0.2, 0) is 4.74 Å². The molecule has 3 atom stereocenters. The topological polar surface area (TPSA) is 29.5 Å². The molecule has 1 N–H and O–H groups in total. The van der Waals surface area contributed by atoms with Crippen LogP contribution >= 0.6 is 0 Å². The SMILES string of the molecule is CC=CC(O)CC1OCC1C(F)(F)C(F)(F)F. The lowest BCUT2D eigenvalue weighted by atomic mass is 9.87. The smallest absolute Gasteiger partial charge is 0.389 e. The van der Waals surface area contributed by atoms with E-state index in [1.165, 1.54) is 12.2 Å². The number of hydrogen-bond donors (Lipinski definition) is 1. The number of rotatable bonds is 4. The highest BCUT2D eigenvalue weighted by Crippen LogP contribution is 2.47. The summed E-state index contributed by atoms with van der Waals surface area (Å²) in [6.07, 6.45) is -5.38. The molecular weight excluding hydrogens is 247 g/mol. The lowest BCUT2D eigenvalue weighted by Gasteiger charge is -2.42. The second kappa shape index (κ2) is 4.89. The van der Waals surface area contributed by atoms with Crippen molar-refractivity contribution in [3.05, 3.63) is 12.2 Å². The van der Waals surface area contributed by atoms with Crippen LogP contribution in [0, 0.1) is 5.92 Å². The number of aliphatic hydroxyl groups is 1. The molecule has 7 heteroatoms. The molecule has 1 fully saturated rings. The van der Waals surface area contributed by atoms with Gasteiger partial charge in [-0.2, -0.15) is 22.0 Å². The zero-order valence-electron chi connectivity index (χ0n) is 9.05. The van der Waals surface area contributed by atoms with Crippen LogP contribution in [0.1, 0.15) is 13.3 Å². The summed E-state index contributed by atoms with van der Waals surface area (Å²) in [7, 11) is 0. The number of hydrogen-bond acceptors (Lipinski definition) is 2. The Labute approximate surface area is 95.1 Å². The van der Waals surface area contributed by atoms with Crippen LogP contribution in [0.2, 0.25) is 0 Å². The van der Waals surface area contributed by atoms with Gasteiger partial charge < -0.3 is 9.84 Å². The van der Waals surface area contributed by atoms with Crippen LogP contribution in [0.4, 0.5) is 22.0 Å². The zero-order chi connectivity index (χ0) is 13.3. The number of halogens is 5. The summed E-state index contributed by atoms with van der Waals surface area (Å²) in [6, 6.07) is 0. The van der Waals surface area contributed by atoms with Gasteiger partial charge in [-0.3, -0.25) is 0 Å². The van der Waals surface area contributed by atoms with E-state index < -0.39 is 36.8 Å². The fourth-order valence-corrected chi connectivity index (χ4v) is 1.65. The number of allylic oxidation sites excluding steroid dienone is 1. The molecule has 0 aromatic carbocycles. The van der Waals surface area contributed by atoms with Crippen LogP contribution in [-0.4, -0.2) is 36.0 Å². The maximum absolute atomic E-state index is 13.0. The first-order chi connectivity index (χ1) is 7.70. The van der Waals surface area contributed by atoms with Crippen LogP contribution < -0.4 is 0 Å². The van der Waals surface area contributed by atoms with Crippen molar-refractivity contribution in [2.45, 2.75) is 37.7 Å². The van der Waals surface area contributed by atoms with E-state index >= 15 is 0 Å². The van der Waals surface area contributed by atoms with Crippen LogP contribution in [0.15, 0.2) is 12.2 Å². The van der Waals surface area contributed by atoms with Gasteiger partial charge in [-0.1, -0.05) is 12.2 Å². The molecular formula is C10H13F5O2. The highest BCUT2D eigenvalue weighted by Gasteiger charge is 2.66. The van der Waals surface area contributed by atoms with E-state index in [4.69, 9.17) is 0 Å². The molecule has 1 aliphatic heterocycles. The number of alkyl halides is 5. The lowest BCUT2D eigenvalue weighted by Crippen LogP contribution is -2.57. The minimum atomic E-state index is -5.58. The molecule has 0 radical (unpaired) electrons. The molecule has 0 saturated carbocycles. The second-order valence-electron chi connectivity index (χ2n) is 3.93. The van der Waals surface area contributed by atoms with E-state index in [2.05, 4.69) is 4.74 Å². The quantitative estimate of drug-likeness (QED) is 0.621. The van der Waals surface area contributed by atoms with Gasteiger partial charge in [-0.05, 0) is 6.92 Å². The first-order valence-electron chi connectivity index (χ1n) is 5.07. The van der Waals surface area contributed by atoms with Crippen molar-refractivity contribution in [1.82, 2.24) is 0 Å². The number of aliphatic hydroxyl groups excluding tert-OH is 1. The van der Waals surface area contributed by atoms with E-state index in [1.807, 2.05) is 0 Å². The van der Waals surface area contributed by atoms with Crippen molar-refractivity contribution in [2.75, 3.05) is 6.61 Å². The Hall–Kier alpha value is -0.690. The third-order valence-electron chi connectivity index (χ3n) is 2.67. The summed E-state index contributed by atoms with van der Waals surface area (Å²) < 4.78 is 66.8. The van der Waals surface area contributed by atoms with Crippen LogP contribution in [0.25, 0.3) is 0 Å². The normalized spacial score (nSPS) is 28.2. The first-order valence-corrected chi connectivity index (χ1v) is 5.07. The van der Waals surface area contributed by atoms with Crippen molar-refractivity contribution >= 4 is 0 Å². The molecule has 2 nitrogen and oxygen atoms in total. The molecule has 0 aromatic rings. The van der Waals surface area contributed by atoms with Gasteiger partial charge in [0.05, 0.1) is 24.7 Å². The van der Waals surface area contributed by atoms with E-state index in [9.17, 15) is 27.1 Å². The van der Waals surface area contributed by atoms with Gasteiger partial charge in [0.25, 0.3) is 0 Å². The average molecular weight is 260 g/mol. The van der Waals surface area contributed by atoms with E-state index in [0.717, 1.165) is 0 Å². The zero-order valence-corrected chi connectivity index (χ0v) is 9.05. The third kappa shape index (κ3) is 2.95. The van der Waals surface area contributed by atoms with Gasteiger partial charge in [0.2, 0.25) is 0 Å². The summed E-state index contributed by atoms with van der Waals surface area (Å²) >= 11 is 0. The molecule has 0 aliphatic carbocycles. The summed E-state index contributed by atoms with van der Waals surface area (Å²) in [6.45, 7) is 0.965. The minimum Gasteiger partial charge on any atom is -0.389 e. The van der Waals surface area contributed by atoms with Crippen molar-refractivity contribution in [2.24, 2.45) is 5.92 Å². The van der Waals surface area contributed by atoms with Crippen LogP contribution in [0.5, 0.6) is 0 Å². The maximum Gasteiger partial charge on any atom is 0.453 e.